The summed E-state index contributed by atoms with van der Waals surface area (Å²) in [5, 5.41) is 10.8. The lowest BCUT2D eigenvalue weighted by Gasteiger charge is -2.26. The number of nitrogens with zero attached hydrogens (tertiary/aromatic N) is 5. The smallest absolute Gasteiger partial charge is 0.261 e. The van der Waals surface area contributed by atoms with E-state index in [1.807, 2.05) is 0 Å². The average Bonchev–Trinajstić information content (AvgIpc) is 3.30. The van der Waals surface area contributed by atoms with Gasteiger partial charge in [0.25, 0.3) is 10.0 Å². The maximum absolute atomic E-state index is 12.7. The topological polar surface area (TPSA) is 136 Å². The average molecular weight is 451 g/mol. The molecule has 1 aromatic heterocycles. The molecule has 2 aromatic carbocycles. The number of sulfonamides is 2. The number of morpholine rings is 1. The number of rotatable bonds is 6. The fourth-order valence-corrected chi connectivity index (χ4v) is 5.37. The Morgan fingerprint density at radius 3 is 2.10 bits per heavy atom. The van der Waals surface area contributed by atoms with Crippen LogP contribution in [0.5, 0.6) is 0 Å². The predicted molar refractivity (Wildman–Crippen MR) is 106 cm³/mol. The van der Waals surface area contributed by atoms with E-state index in [1.165, 1.54) is 39.6 Å². The van der Waals surface area contributed by atoms with Gasteiger partial charge in [0.15, 0.2) is 0 Å². The highest BCUT2D eigenvalue weighted by Gasteiger charge is 2.26. The van der Waals surface area contributed by atoms with Crippen molar-refractivity contribution in [3.05, 3.63) is 54.9 Å². The van der Waals surface area contributed by atoms with E-state index in [-0.39, 0.29) is 22.9 Å². The maximum atomic E-state index is 12.7. The number of anilines is 1. The summed E-state index contributed by atoms with van der Waals surface area (Å²) in [5.74, 6) is 0. The van der Waals surface area contributed by atoms with Gasteiger partial charge in [-0.1, -0.05) is 0 Å². The van der Waals surface area contributed by atoms with Crippen molar-refractivity contribution in [1.29, 1.82) is 0 Å². The number of aromatic nitrogens is 4. The molecule has 2 heterocycles. The minimum absolute atomic E-state index is 0.0362. The Morgan fingerprint density at radius 2 is 1.50 bits per heavy atom. The van der Waals surface area contributed by atoms with Gasteiger partial charge < -0.3 is 4.74 Å². The van der Waals surface area contributed by atoms with Crippen LogP contribution in [0.15, 0.2) is 64.6 Å². The van der Waals surface area contributed by atoms with E-state index in [9.17, 15) is 16.8 Å². The van der Waals surface area contributed by atoms with Crippen molar-refractivity contribution < 1.29 is 21.6 Å². The number of nitrogens with one attached hydrogen (secondary N) is 1. The van der Waals surface area contributed by atoms with Crippen LogP contribution in [-0.2, 0) is 24.8 Å². The van der Waals surface area contributed by atoms with Crippen molar-refractivity contribution >= 4 is 25.7 Å². The molecule has 158 valence electrons. The van der Waals surface area contributed by atoms with E-state index < -0.39 is 20.0 Å². The first-order valence-electron chi connectivity index (χ1n) is 8.90. The van der Waals surface area contributed by atoms with Gasteiger partial charge in [0, 0.05) is 18.8 Å². The summed E-state index contributed by atoms with van der Waals surface area (Å²) in [4.78, 5) is -0.0119. The van der Waals surface area contributed by atoms with Gasteiger partial charge in [-0.25, -0.2) is 21.5 Å². The van der Waals surface area contributed by atoms with Crippen molar-refractivity contribution in [1.82, 2.24) is 24.5 Å². The number of benzene rings is 2. The molecular formula is C17H18N6O5S2. The maximum Gasteiger partial charge on any atom is 0.261 e. The Kier molecular flexibility index (Phi) is 5.51. The van der Waals surface area contributed by atoms with Crippen molar-refractivity contribution in [2.24, 2.45) is 0 Å². The lowest BCUT2D eigenvalue weighted by Crippen LogP contribution is -2.40. The number of hydrogen-bond donors (Lipinski definition) is 1. The van der Waals surface area contributed by atoms with E-state index in [2.05, 4.69) is 20.2 Å². The monoisotopic (exact) mass is 450 g/mol. The molecule has 1 fully saturated rings. The first kappa shape index (κ1) is 20.4. The van der Waals surface area contributed by atoms with Crippen molar-refractivity contribution in [3.8, 4) is 5.69 Å². The van der Waals surface area contributed by atoms with Crippen molar-refractivity contribution in [3.63, 3.8) is 0 Å². The SMILES string of the molecule is O=S(=O)(Nc1ccc(-n2cnnn2)cc1)c1ccc(S(=O)(=O)N2CCOCC2)cc1. The third kappa shape index (κ3) is 4.18. The van der Waals surface area contributed by atoms with Gasteiger partial charge in [0.05, 0.1) is 28.7 Å². The zero-order chi connectivity index (χ0) is 21.2. The van der Waals surface area contributed by atoms with E-state index in [0.29, 0.717) is 24.6 Å². The fraction of sp³-hybridized carbons (Fsp3) is 0.235. The summed E-state index contributed by atoms with van der Waals surface area (Å²) in [6, 6.07) is 11.6. The van der Waals surface area contributed by atoms with E-state index in [1.54, 1.807) is 24.3 Å². The van der Waals surface area contributed by atoms with Crippen LogP contribution >= 0.6 is 0 Å². The first-order chi connectivity index (χ1) is 14.4. The van der Waals surface area contributed by atoms with E-state index in [4.69, 9.17) is 4.74 Å². The second kappa shape index (κ2) is 8.10. The number of ether oxygens (including phenoxy) is 1. The summed E-state index contributed by atoms with van der Waals surface area (Å²) >= 11 is 0. The molecule has 1 N–H and O–H groups in total. The summed E-state index contributed by atoms with van der Waals surface area (Å²) < 4.78 is 61.0. The zero-order valence-corrected chi connectivity index (χ0v) is 17.3. The minimum Gasteiger partial charge on any atom is -0.379 e. The van der Waals surface area contributed by atoms with Crippen molar-refractivity contribution in [2.75, 3.05) is 31.0 Å². The van der Waals surface area contributed by atoms with Crippen LogP contribution in [0.2, 0.25) is 0 Å². The molecule has 0 aliphatic carbocycles. The molecule has 3 aromatic rings. The number of hydrogen-bond acceptors (Lipinski definition) is 8. The second-order valence-corrected chi connectivity index (χ2v) is 10.0. The van der Waals surface area contributed by atoms with Gasteiger partial charge in [-0.15, -0.1) is 5.10 Å². The van der Waals surface area contributed by atoms with Gasteiger partial charge in [-0.2, -0.15) is 4.31 Å². The molecule has 0 spiro atoms. The molecule has 1 aliphatic rings. The van der Waals surface area contributed by atoms with E-state index in [0.717, 1.165) is 0 Å². The molecule has 0 radical (unpaired) electrons. The van der Waals surface area contributed by atoms with Gasteiger partial charge >= 0.3 is 0 Å². The Labute approximate surface area is 173 Å². The van der Waals surface area contributed by atoms with Gasteiger partial charge in [-0.3, -0.25) is 4.72 Å². The zero-order valence-electron chi connectivity index (χ0n) is 15.6. The molecule has 1 aliphatic heterocycles. The quantitative estimate of drug-likeness (QED) is 0.573. The number of tetrazole rings is 1. The highest BCUT2D eigenvalue weighted by atomic mass is 32.2. The lowest BCUT2D eigenvalue weighted by molar-refractivity contribution is 0.0730. The van der Waals surface area contributed by atoms with Crippen LogP contribution in [0.3, 0.4) is 0 Å². The molecule has 0 unspecified atom stereocenters. The molecule has 0 atom stereocenters. The fourth-order valence-electron chi connectivity index (χ4n) is 2.90. The molecule has 0 bridgehead atoms. The summed E-state index contributed by atoms with van der Waals surface area (Å²) in [7, 11) is -7.58. The highest BCUT2D eigenvalue weighted by molar-refractivity contribution is 7.92. The second-order valence-electron chi connectivity index (χ2n) is 6.39. The van der Waals surface area contributed by atoms with Crippen LogP contribution in [-0.4, -0.2) is 67.7 Å². The molecule has 13 heteroatoms. The molecule has 0 saturated carbocycles. The molecule has 1 saturated heterocycles. The van der Waals surface area contributed by atoms with Gasteiger partial charge in [-0.05, 0) is 59.0 Å². The van der Waals surface area contributed by atoms with Crippen LogP contribution < -0.4 is 4.72 Å². The standard InChI is InChI=1S/C17H18N6O5S2/c24-29(25,19-14-1-3-15(4-2-14)23-13-18-20-21-23)16-5-7-17(8-6-16)30(26,27)22-9-11-28-12-10-22/h1-8,13,19H,9-12H2. The molecule has 11 nitrogen and oxygen atoms in total. The summed E-state index contributed by atoms with van der Waals surface area (Å²) in [6.45, 7) is 1.21. The third-order valence-corrected chi connectivity index (χ3v) is 7.79. The Hall–Kier alpha value is -2.87. The van der Waals surface area contributed by atoms with Crippen LogP contribution in [0.4, 0.5) is 5.69 Å². The minimum atomic E-state index is -3.89. The highest BCUT2D eigenvalue weighted by Crippen LogP contribution is 2.22. The van der Waals surface area contributed by atoms with Crippen LogP contribution in [0.25, 0.3) is 5.69 Å². The summed E-state index contributed by atoms with van der Waals surface area (Å²) in [6.07, 6.45) is 1.42. The molecular weight excluding hydrogens is 432 g/mol. The Bertz CT molecular complexity index is 1200. The molecule has 4 rings (SSSR count). The predicted octanol–water partition coefficient (Wildman–Crippen LogP) is 0.484. The third-order valence-electron chi connectivity index (χ3n) is 4.47. The molecule has 0 amide bonds. The first-order valence-corrected chi connectivity index (χ1v) is 11.8. The van der Waals surface area contributed by atoms with Crippen LogP contribution in [0.1, 0.15) is 0 Å². The van der Waals surface area contributed by atoms with Gasteiger partial charge in [0.2, 0.25) is 10.0 Å². The van der Waals surface area contributed by atoms with Crippen LogP contribution in [0, 0.1) is 0 Å². The van der Waals surface area contributed by atoms with Crippen molar-refractivity contribution in [2.45, 2.75) is 9.79 Å². The van der Waals surface area contributed by atoms with E-state index >= 15 is 0 Å². The largest absolute Gasteiger partial charge is 0.379 e. The Balaban J connectivity index is 1.50. The Morgan fingerprint density at radius 1 is 0.867 bits per heavy atom. The lowest BCUT2D eigenvalue weighted by atomic mass is 10.3. The summed E-state index contributed by atoms with van der Waals surface area (Å²) in [5.41, 5.74) is 1.01. The van der Waals surface area contributed by atoms with Gasteiger partial charge in [0.1, 0.15) is 6.33 Å². The molecule has 30 heavy (non-hydrogen) atoms. The normalized spacial score (nSPS) is 15.7.